The highest BCUT2D eigenvalue weighted by Gasteiger charge is 2.11. The average molecular weight is 286 g/mol. The molecule has 0 saturated heterocycles. The first-order chi connectivity index (χ1) is 7.49. The predicted octanol–water partition coefficient (Wildman–Crippen LogP) is 1.83. The Morgan fingerprint density at radius 1 is 1.56 bits per heavy atom. The maximum atomic E-state index is 11.8. The Bertz CT molecular complexity index is 366. The molecule has 0 fully saturated rings. The summed E-state index contributed by atoms with van der Waals surface area (Å²) in [6.45, 7) is 2.04. The van der Waals surface area contributed by atoms with Gasteiger partial charge < -0.3 is 10.0 Å². The molecule has 1 rings (SSSR count). The van der Waals surface area contributed by atoms with Gasteiger partial charge in [-0.25, -0.2) is 0 Å². The van der Waals surface area contributed by atoms with E-state index in [0.29, 0.717) is 13.0 Å². The van der Waals surface area contributed by atoms with Gasteiger partial charge >= 0.3 is 0 Å². The van der Waals surface area contributed by atoms with Crippen LogP contribution in [-0.2, 0) is 11.2 Å². The molecule has 1 aromatic rings. The highest BCUT2D eigenvalue weighted by Crippen LogP contribution is 2.12. The van der Waals surface area contributed by atoms with Gasteiger partial charge in [0.05, 0.1) is 12.5 Å². The van der Waals surface area contributed by atoms with Crippen LogP contribution in [0.2, 0.25) is 0 Å². The van der Waals surface area contributed by atoms with Gasteiger partial charge in [0.15, 0.2) is 0 Å². The number of carbonyl (C=O) groups is 1. The van der Waals surface area contributed by atoms with E-state index in [1.165, 1.54) is 0 Å². The van der Waals surface area contributed by atoms with Gasteiger partial charge in [0.2, 0.25) is 5.91 Å². The molecule has 0 heterocycles. The van der Waals surface area contributed by atoms with E-state index in [9.17, 15) is 9.90 Å². The van der Waals surface area contributed by atoms with Gasteiger partial charge in [-0.3, -0.25) is 4.79 Å². The molecule has 1 amide bonds. The zero-order valence-corrected chi connectivity index (χ0v) is 11.1. The summed E-state index contributed by atoms with van der Waals surface area (Å²) in [5.41, 5.74) is 0.969. The predicted molar refractivity (Wildman–Crippen MR) is 67.2 cm³/mol. The van der Waals surface area contributed by atoms with Gasteiger partial charge in [-0.15, -0.1) is 0 Å². The lowest BCUT2D eigenvalue weighted by Gasteiger charge is -2.18. The van der Waals surface area contributed by atoms with E-state index in [1.54, 1.807) is 18.9 Å². The van der Waals surface area contributed by atoms with Crippen molar-refractivity contribution >= 4 is 21.8 Å². The van der Waals surface area contributed by atoms with E-state index in [4.69, 9.17) is 0 Å². The molecule has 4 heteroatoms. The molecule has 0 saturated carbocycles. The van der Waals surface area contributed by atoms with Crippen LogP contribution in [0.1, 0.15) is 12.5 Å². The van der Waals surface area contributed by atoms with Crippen molar-refractivity contribution in [1.82, 2.24) is 4.90 Å². The van der Waals surface area contributed by atoms with Crippen LogP contribution >= 0.6 is 15.9 Å². The van der Waals surface area contributed by atoms with Crippen molar-refractivity contribution in [2.75, 3.05) is 13.6 Å². The molecule has 0 aromatic heterocycles. The largest absolute Gasteiger partial charge is 0.392 e. The lowest BCUT2D eigenvalue weighted by molar-refractivity contribution is -0.130. The Hall–Kier alpha value is -0.870. The highest BCUT2D eigenvalue weighted by atomic mass is 79.9. The number of nitrogens with zero attached hydrogens (tertiary/aromatic N) is 1. The molecule has 0 bridgehead atoms. The molecule has 0 aliphatic rings. The van der Waals surface area contributed by atoms with Crippen LogP contribution in [0.4, 0.5) is 0 Å². The molecular formula is C12H16BrNO2. The van der Waals surface area contributed by atoms with E-state index in [1.807, 2.05) is 24.3 Å². The van der Waals surface area contributed by atoms with Crippen LogP contribution in [0.3, 0.4) is 0 Å². The Morgan fingerprint density at radius 3 is 2.81 bits per heavy atom. The fourth-order valence-electron chi connectivity index (χ4n) is 1.45. The molecule has 16 heavy (non-hydrogen) atoms. The standard InChI is InChI=1S/C12H16BrNO2/c1-9(15)8-14(2)12(16)7-10-4-3-5-11(13)6-10/h3-6,9,15H,7-8H2,1-2H3. The van der Waals surface area contributed by atoms with Crippen LogP contribution < -0.4 is 0 Å². The molecule has 1 atom stereocenters. The quantitative estimate of drug-likeness (QED) is 0.917. The molecule has 0 aliphatic heterocycles. The molecule has 1 N–H and O–H groups in total. The number of hydrogen-bond acceptors (Lipinski definition) is 2. The number of carbonyl (C=O) groups excluding carboxylic acids is 1. The minimum absolute atomic E-state index is 0.0130. The summed E-state index contributed by atoms with van der Waals surface area (Å²) >= 11 is 3.36. The summed E-state index contributed by atoms with van der Waals surface area (Å²) < 4.78 is 0.968. The van der Waals surface area contributed by atoms with Crippen LogP contribution in [0.25, 0.3) is 0 Å². The highest BCUT2D eigenvalue weighted by molar-refractivity contribution is 9.10. The molecular weight excluding hydrogens is 270 g/mol. The fourth-order valence-corrected chi connectivity index (χ4v) is 1.90. The second-order valence-corrected chi connectivity index (χ2v) is 4.85. The zero-order chi connectivity index (χ0) is 12.1. The van der Waals surface area contributed by atoms with Crippen molar-refractivity contribution in [3.8, 4) is 0 Å². The normalized spacial score (nSPS) is 12.2. The van der Waals surface area contributed by atoms with Crippen LogP contribution in [-0.4, -0.2) is 35.6 Å². The van der Waals surface area contributed by atoms with Gasteiger partial charge in [-0.2, -0.15) is 0 Å². The van der Waals surface area contributed by atoms with Crippen molar-refractivity contribution in [2.45, 2.75) is 19.4 Å². The van der Waals surface area contributed by atoms with Crippen LogP contribution in [0.15, 0.2) is 28.7 Å². The number of hydrogen-bond donors (Lipinski definition) is 1. The molecule has 88 valence electrons. The molecule has 1 aromatic carbocycles. The van der Waals surface area contributed by atoms with E-state index >= 15 is 0 Å². The topological polar surface area (TPSA) is 40.5 Å². The van der Waals surface area contributed by atoms with Gasteiger partial charge in [0, 0.05) is 18.1 Å². The number of benzene rings is 1. The molecule has 0 radical (unpaired) electrons. The molecule has 1 unspecified atom stereocenters. The number of rotatable bonds is 4. The summed E-state index contributed by atoms with van der Waals surface area (Å²) in [7, 11) is 1.70. The van der Waals surface area contributed by atoms with Crippen LogP contribution in [0.5, 0.6) is 0 Å². The van der Waals surface area contributed by atoms with Crippen molar-refractivity contribution in [3.05, 3.63) is 34.3 Å². The smallest absolute Gasteiger partial charge is 0.226 e. The van der Waals surface area contributed by atoms with Gasteiger partial charge in [-0.1, -0.05) is 28.1 Å². The van der Waals surface area contributed by atoms with E-state index in [0.717, 1.165) is 10.0 Å². The maximum absolute atomic E-state index is 11.8. The SMILES string of the molecule is CC(O)CN(C)C(=O)Cc1cccc(Br)c1. The third-order valence-electron chi connectivity index (χ3n) is 2.21. The lowest BCUT2D eigenvalue weighted by atomic mass is 10.1. The van der Waals surface area contributed by atoms with Crippen molar-refractivity contribution in [3.63, 3.8) is 0 Å². The third-order valence-corrected chi connectivity index (χ3v) is 2.70. The van der Waals surface area contributed by atoms with E-state index in [2.05, 4.69) is 15.9 Å². The van der Waals surface area contributed by atoms with Gasteiger partial charge in [0.1, 0.15) is 0 Å². The first-order valence-electron chi connectivity index (χ1n) is 5.15. The Labute approximate surface area is 104 Å². The van der Waals surface area contributed by atoms with Crippen molar-refractivity contribution in [2.24, 2.45) is 0 Å². The maximum Gasteiger partial charge on any atom is 0.226 e. The summed E-state index contributed by atoms with van der Waals surface area (Å²) in [6, 6.07) is 7.67. The third kappa shape index (κ3) is 4.33. The van der Waals surface area contributed by atoms with Crippen molar-refractivity contribution < 1.29 is 9.90 Å². The van der Waals surface area contributed by atoms with Crippen molar-refractivity contribution in [1.29, 1.82) is 0 Å². The van der Waals surface area contributed by atoms with Gasteiger partial charge in [-0.05, 0) is 24.6 Å². The minimum atomic E-state index is -0.489. The average Bonchev–Trinajstić information content (AvgIpc) is 2.16. The number of amides is 1. The monoisotopic (exact) mass is 285 g/mol. The second-order valence-electron chi connectivity index (χ2n) is 3.93. The molecule has 3 nitrogen and oxygen atoms in total. The fraction of sp³-hybridized carbons (Fsp3) is 0.417. The van der Waals surface area contributed by atoms with Crippen LogP contribution in [0, 0.1) is 0 Å². The zero-order valence-electron chi connectivity index (χ0n) is 9.48. The number of halogens is 1. The van der Waals surface area contributed by atoms with Gasteiger partial charge in [0.25, 0.3) is 0 Å². The Kier molecular flexibility index (Phi) is 4.96. The summed E-state index contributed by atoms with van der Waals surface area (Å²) in [5, 5.41) is 9.18. The number of aliphatic hydroxyl groups is 1. The first kappa shape index (κ1) is 13.2. The number of aliphatic hydroxyl groups excluding tert-OH is 1. The Balaban J connectivity index is 2.57. The lowest BCUT2D eigenvalue weighted by Crippen LogP contribution is -2.34. The summed E-state index contributed by atoms with van der Waals surface area (Å²) in [6.07, 6.45) is -0.126. The van der Waals surface area contributed by atoms with E-state index in [-0.39, 0.29) is 5.91 Å². The molecule has 0 aliphatic carbocycles. The second kappa shape index (κ2) is 6.01. The Morgan fingerprint density at radius 2 is 2.25 bits per heavy atom. The summed E-state index contributed by atoms with van der Waals surface area (Å²) in [4.78, 5) is 13.3. The van der Waals surface area contributed by atoms with E-state index < -0.39 is 6.10 Å². The molecule has 0 spiro atoms. The minimum Gasteiger partial charge on any atom is -0.392 e. The number of likely N-dealkylation sites (N-methyl/N-ethyl adjacent to an activating group) is 1. The first-order valence-corrected chi connectivity index (χ1v) is 5.95. The summed E-state index contributed by atoms with van der Waals surface area (Å²) in [5.74, 6) is 0.0130.